The molecule has 1 spiro atoms. The summed E-state index contributed by atoms with van der Waals surface area (Å²) in [4.78, 5) is 30.3. The number of hydrogen-bond donors (Lipinski definition) is 1. The Morgan fingerprint density at radius 3 is 3.04 bits per heavy atom. The number of ketones is 1. The van der Waals surface area contributed by atoms with Crippen LogP contribution in [0.15, 0.2) is 41.8 Å². The first-order valence-electron chi connectivity index (χ1n) is 8.30. The van der Waals surface area contributed by atoms with Gasteiger partial charge in [0.2, 0.25) is 0 Å². The van der Waals surface area contributed by atoms with Crippen LogP contribution in [0.2, 0.25) is 0 Å². The van der Waals surface area contributed by atoms with Crippen molar-refractivity contribution in [2.24, 2.45) is 0 Å². The first-order chi connectivity index (χ1) is 12.1. The second kappa shape index (κ2) is 5.20. The molecule has 1 N–H and O–H groups in total. The molecule has 6 heteroatoms. The minimum Gasteiger partial charge on any atom is -0.484 e. The number of hydrogen-bond acceptors (Lipinski definition) is 4. The number of likely N-dealkylation sites (tertiary alicyclic amines) is 1. The number of nitrogens with one attached hydrogen (secondary N) is 1. The van der Waals surface area contributed by atoms with Gasteiger partial charge in [0.15, 0.2) is 5.78 Å². The molecule has 25 heavy (non-hydrogen) atoms. The highest BCUT2D eigenvalue weighted by Gasteiger charge is 2.47. The predicted molar refractivity (Wildman–Crippen MR) is 95.4 cm³/mol. The van der Waals surface area contributed by atoms with Gasteiger partial charge in [0.1, 0.15) is 17.0 Å². The number of aromatic amines is 1. The van der Waals surface area contributed by atoms with Gasteiger partial charge < -0.3 is 14.6 Å². The fourth-order valence-corrected chi connectivity index (χ4v) is 4.61. The Labute approximate surface area is 148 Å². The van der Waals surface area contributed by atoms with Crippen LogP contribution in [0.1, 0.15) is 33.7 Å². The number of Topliss-reactive ketones (excluding diaryl/α,β-unsaturated/α-hetero) is 1. The lowest BCUT2D eigenvalue weighted by Gasteiger charge is -2.34. The van der Waals surface area contributed by atoms with Crippen molar-refractivity contribution in [1.82, 2.24) is 9.88 Å². The largest absolute Gasteiger partial charge is 0.484 e. The van der Waals surface area contributed by atoms with Gasteiger partial charge in [0.25, 0.3) is 5.91 Å². The molecule has 5 rings (SSSR count). The van der Waals surface area contributed by atoms with Crippen LogP contribution in [0.5, 0.6) is 5.75 Å². The average Bonchev–Trinajstić information content (AvgIpc) is 3.29. The van der Waals surface area contributed by atoms with Crippen LogP contribution >= 0.6 is 11.3 Å². The lowest BCUT2D eigenvalue weighted by molar-refractivity contribution is 0.0427. The van der Waals surface area contributed by atoms with Gasteiger partial charge in [-0.15, -0.1) is 11.3 Å². The van der Waals surface area contributed by atoms with Gasteiger partial charge in [-0.1, -0.05) is 12.1 Å². The first-order valence-corrected chi connectivity index (χ1v) is 9.18. The van der Waals surface area contributed by atoms with Crippen molar-refractivity contribution < 1.29 is 14.3 Å². The van der Waals surface area contributed by atoms with Crippen molar-refractivity contribution in [3.8, 4) is 5.75 Å². The maximum absolute atomic E-state index is 12.8. The summed E-state index contributed by atoms with van der Waals surface area (Å²) in [6.07, 6.45) is 1.00. The van der Waals surface area contributed by atoms with E-state index >= 15 is 0 Å². The smallest absolute Gasteiger partial charge is 0.270 e. The fourth-order valence-electron chi connectivity index (χ4n) is 3.82. The van der Waals surface area contributed by atoms with Gasteiger partial charge in [-0.2, -0.15) is 0 Å². The highest BCUT2D eigenvalue weighted by molar-refractivity contribution is 7.17. The van der Waals surface area contributed by atoms with Crippen LogP contribution in [0.3, 0.4) is 0 Å². The van der Waals surface area contributed by atoms with Gasteiger partial charge >= 0.3 is 0 Å². The van der Waals surface area contributed by atoms with E-state index in [2.05, 4.69) is 4.98 Å². The van der Waals surface area contributed by atoms with Gasteiger partial charge in [0, 0.05) is 13.0 Å². The summed E-state index contributed by atoms with van der Waals surface area (Å²) in [5.74, 6) is 0.695. The highest BCUT2D eigenvalue weighted by atomic mass is 32.1. The molecule has 2 aliphatic heterocycles. The van der Waals surface area contributed by atoms with E-state index < -0.39 is 5.60 Å². The molecule has 5 nitrogen and oxygen atoms in total. The molecule has 1 fully saturated rings. The standard InChI is InChI=1S/C19H16N2O3S/c22-15-10-19(24-16-4-2-1-3-12(15)16)6-7-21(11-19)18(23)14-9-17-13(20-14)5-8-25-17/h1-5,8-9,20H,6-7,10-11H2. The molecule has 1 amide bonds. The molecule has 1 aromatic carbocycles. The number of aromatic nitrogens is 1. The van der Waals surface area contributed by atoms with E-state index in [0.717, 1.165) is 10.2 Å². The third-order valence-corrected chi connectivity index (χ3v) is 5.93. The number of rotatable bonds is 1. The third-order valence-electron chi connectivity index (χ3n) is 5.07. The number of carbonyl (C=O) groups is 2. The summed E-state index contributed by atoms with van der Waals surface area (Å²) < 4.78 is 7.27. The number of thiophene rings is 1. The molecule has 0 radical (unpaired) electrons. The summed E-state index contributed by atoms with van der Waals surface area (Å²) in [5.41, 5.74) is 1.63. The Morgan fingerprint density at radius 1 is 1.28 bits per heavy atom. The normalized spacial score (nSPS) is 22.4. The topological polar surface area (TPSA) is 62.4 Å². The molecule has 0 aliphatic carbocycles. The van der Waals surface area contributed by atoms with Gasteiger partial charge in [-0.3, -0.25) is 9.59 Å². The van der Waals surface area contributed by atoms with Gasteiger partial charge in [-0.05, 0) is 29.6 Å². The Kier molecular flexibility index (Phi) is 3.06. The lowest BCUT2D eigenvalue weighted by Crippen LogP contribution is -2.45. The Balaban J connectivity index is 1.40. The highest BCUT2D eigenvalue weighted by Crippen LogP contribution is 2.39. The molecule has 2 aromatic heterocycles. The van der Waals surface area contributed by atoms with Crippen molar-refractivity contribution in [3.63, 3.8) is 0 Å². The Hall–Kier alpha value is -2.60. The zero-order valence-electron chi connectivity index (χ0n) is 13.5. The quantitative estimate of drug-likeness (QED) is 0.729. The molecule has 3 aromatic rings. The van der Waals surface area contributed by atoms with Crippen molar-refractivity contribution in [2.45, 2.75) is 18.4 Å². The number of amides is 1. The number of ether oxygens (including phenoxy) is 1. The number of carbonyl (C=O) groups excluding carboxylic acids is 2. The lowest BCUT2D eigenvalue weighted by atomic mass is 9.89. The minimum absolute atomic E-state index is 0.0322. The molecule has 0 saturated carbocycles. The Morgan fingerprint density at radius 2 is 2.16 bits per heavy atom. The number of benzene rings is 1. The second-order valence-corrected chi connectivity index (χ2v) is 7.69. The molecule has 2 aliphatic rings. The van der Waals surface area contributed by atoms with Crippen LogP contribution in [0.25, 0.3) is 10.2 Å². The van der Waals surface area contributed by atoms with Crippen LogP contribution in [-0.2, 0) is 0 Å². The van der Waals surface area contributed by atoms with E-state index in [4.69, 9.17) is 4.74 Å². The first kappa shape index (κ1) is 14.7. The summed E-state index contributed by atoms with van der Waals surface area (Å²) in [6.45, 7) is 1.04. The number of nitrogens with zero attached hydrogens (tertiary/aromatic N) is 1. The van der Waals surface area contributed by atoms with Crippen molar-refractivity contribution in [3.05, 3.63) is 53.0 Å². The van der Waals surface area contributed by atoms with E-state index in [9.17, 15) is 9.59 Å². The predicted octanol–water partition coefficient (Wildman–Crippen LogP) is 3.48. The zero-order chi connectivity index (χ0) is 17.0. The molecule has 1 unspecified atom stereocenters. The Bertz CT molecular complexity index is 976. The molecule has 4 heterocycles. The van der Waals surface area contributed by atoms with E-state index in [1.165, 1.54) is 0 Å². The van der Waals surface area contributed by atoms with Crippen molar-refractivity contribution >= 4 is 33.2 Å². The van der Waals surface area contributed by atoms with E-state index in [1.54, 1.807) is 22.3 Å². The fraction of sp³-hybridized carbons (Fsp3) is 0.263. The van der Waals surface area contributed by atoms with E-state index in [1.807, 2.05) is 35.7 Å². The van der Waals surface area contributed by atoms with Crippen molar-refractivity contribution in [2.75, 3.05) is 13.1 Å². The van der Waals surface area contributed by atoms with E-state index in [0.29, 0.717) is 42.9 Å². The van der Waals surface area contributed by atoms with Gasteiger partial charge in [-0.25, -0.2) is 0 Å². The van der Waals surface area contributed by atoms with Gasteiger partial charge in [0.05, 0.1) is 28.7 Å². The molecule has 1 saturated heterocycles. The van der Waals surface area contributed by atoms with E-state index in [-0.39, 0.29) is 11.7 Å². The van der Waals surface area contributed by atoms with Crippen LogP contribution < -0.4 is 4.74 Å². The summed E-state index contributed by atoms with van der Waals surface area (Å²) in [5, 5.41) is 2.00. The maximum atomic E-state index is 12.8. The summed E-state index contributed by atoms with van der Waals surface area (Å²) in [7, 11) is 0. The average molecular weight is 352 g/mol. The zero-order valence-corrected chi connectivity index (χ0v) is 14.3. The number of fused-ring (bicyclic) bond motifs is 2. The molecule has 126 valence electrons. The van der Waals surface area contributed by atoms with Crippen LogP contribution in [0.4, 0.5) is 0 Å². The third kappa shape index (κ3) is 2.28. The SMILES string of the molecule is O=C1CC2(CCN(C(=O)c3cc4sccc4[nH]3)C2)Oc2ccccc21. The maximum Gasteiger partial charge on any atom is 0.270 e. The van der Waals surface area contributed by atoms with Crippen LogP contribution in [0, 0.1) is 0 Å². The monoisotopic (exact) mass is 352 g/mol. The van der Waals surface area contributed by atoms with Crippen molar-refractivity contribution in [1.29, 1.82) is 0 Å². The summed E-state index contributed by atoms with van der Waals surface area (Å²) >= 11 is 1.61. The second-order valence-electron chi connectivity index (χ2n) is 6.74. The molecule has 0 bridgehead atoms. The van der Waals surface area contributed by atoms with Crippen LogP contribution in [-0.4, -0.2) is 40.3 Å². The molecular weight excluding hydrogens is 336 g/mol. The number of para-hydroxylation sites is 1. The summed E-state index contributed by atoms with van der Waals surface area (Å²) in [6, 6.07) is 11.2. The number of H-pyrrole nitrogens is 1. The molecule has 1 atom stereocenters. The minimum atomic E-state index is -0.592. The molecular formula is C19H16N2O3S.